The molecule has 5 nitrogen and oxygen atoms in total. The van der Waals surface area contributed by atoms with Gasteiger partial charge in [0.05, 0.1) is 27.4 Å². The van der Waals surface area contributed by atoms with Crippen LogP contribution in [0.15, 0.2) is 36.4 Å². The van der Waals surface area contributed by atoms with Crippen LogP contribution < -0.4 is 24.3 Å². The summed E-state index contributed by atoms with van der Waals surface area (Å²) in [6, 6.07) is 11.0. The topological polar surface area (TPSA) is 54.0 Å². The summed E-state index contributed by atoms with van der Waals surface area (Å²) in [5, 5.41) is 0.838. The molecule has 0 amide bonds. The number of carbonyl (C=O) groups excluding carboxylic acids is 1. The first-order chi connectivity index (χ1) is 13.1. The molecule has 0 spiro atoms. The Hall–Kier alpha value is -2.26. The molecule has 0 radical (unpaired) electrons. The molecule has 0 bridgehead atoms. The molecule has 2 aromatic rings. The highest BCUT2D eigenvalue weighted by Crippen LogP contribution is 2.35. The smallest absolute Gasteiger partial charge is 0.193 e. The second-order valence-corrected chi connectivity index (χ2v) is 7.09. The van der Waals surface area contributed by atoms with Gasteiger partial charge in [-0.1, -0.05) is 19.9 Å². The summed E-state index contributed by atoms with van der Waals surface area (Å²) in [5.41, 5.74) is 0.390. The van der Waals surface area contributed by atoms with E-state index in [0.717, 1.165) is 23.9 Å². The molecule has 0 aliphatic carbocycles. The molecule has 0 heterocycles. The molecule has 0 aromatic heterocycles. The zero-order valence-electron chi connectivity index (χ0n) is 16.3. The fraction of sp³-hybridized carbons (Fsp3) is 0.381. The molecule has 1 atom stereocenters. The van der Waals surface area contributed by atoms with Crippen LogP contribution in [0.4, 0.5) is 0 Å². The van der Waals surface area contributed by atoms with Crippen LogP contribution in [-0.2, 0) is 0 Å². The van der Waals surface area contributed by atoms with E-state index < -0.39 is 0 Å². The normalized spacial score (nSPS) is 10.8. The van der Waals surface area contributed by atoms with Crippen LogP contribution in [0.5, 0.6) is 23.0 Å². The summed E-state index contributed by atoms with van der Waals surface area (Å²) in [4.78, 5) is 13.0. The lowest BCUT2D eigenvalue weighted by Gasteiger charge is -2.15. The average Bonchev–Trinajstić information content (AvgIpc) is 2.70. The van der Waals surface area contributed by atoms with Crippen LogP contribution in [0.1, 0.15) is 37.0 Å². The highest BCUT2D eigenvalue weighted by Gasteiger charge is 2.20. The Labute approximate surface area is 162 Å². The fourth-order valence-corrected chi connectivity index (χ4v) is 3.56. The molecule has 6 heteroatoms. The van der Waals surface area contributed by atoms with Crippen LogP contribution in [0.2, 0.25) is 0 Å². The number of carbonyl (C=O) groups is 1. The third-order valence-electron chi connectivity index (χ3n) is 3.79. The number of benzene rings is 2. The van der Waals surface area contributed by atoms with Crippen LogP contribution in [0.3, 0.4) is 0 Å². The van der Waals surface area contributed by atoms with Gasteiger partial charge >= 0.3 is 0 Å². The molecule has 0 aliphatic rings. The minimum Gasteiger partial charge on any atom is -0.496 e. The van der Waals surface area contributed by atoms with Gasteiger partial charge in [-0.3, -0.25) is 4.79 Å². The first-order valence-corrected chi connectivity index (χ1v) is 10.1. The van der Waals surface area contributed by atoms with Gasteiger partial charge in [-0.05, 0) is 45.7 Å². The number of hydrogen-bond acceptors (Lipinski definition) is 5. The molecular formula is C21H27O5P. The monoisotopic (exact) mass is 390 g/mol. The van der Waals surface area contributed by atoms with Gasteiger partial charge in [0.2, 0.25) is 0 Å². The summed E-state index contributed by atoms with van der Waals surface area (Å²) in [6.07, 6.45) is 1.82. The third kappa shape index (κ3) is 5.61. The summed E-state index contributed by atoms with van der Waals surface area (Å²) in [5.74, 6) is 2.45. The Bertz CT molecular complexity index is 738. The SMILES string of the molecule is CCCOc1ccc(PC(=O)c2c(OC)cccc2OC)c(OCCC)c1. The van der Waals surface area contributed by atoms with Crippen molar-refractivity contribution in [2.45, 2.75) is 26.7 Å². The van der Waals surface area contributed by atoms with Crippen molar-refractivity contribution in [2.75, 3.05) is 27.4 Å². The van der Waals surface area contributed by atoms with Gasteiger partial charge in [-0.15, -0.1) is 0 Å². The average molecular weight is 390 g/mol. The van der Waals surface area contributed by atoms with Gasteiger partial charge in [0.1, 0.15) is 28.6 Å². The maximum absolute atomic E-state index is 13.0. The van der Waals surface area contributed by atoms with Crippen LogP contribution in [0.25, 0.3) is 0 Å². The number of methoxy groups -OCH3 is 2. The molecule has 1 unspecified atom stereocenters. The third-order valence-corrected chi connectivity index (χ3v) is 4.95. The first-order valence-electron chi connectivity index (χ1n) is 9.06. The first kappa shape index (κ1) is 21.0. The molecule has 0 fully saturated rings. The van der Waals surface area contributed by atoms with E-state index in [2.05, 4.69) is 6.92 Å². The zero-order valence-corrected chi connectivity index (χ0v) is 17.3. The van der Waals surface area contributed by atoms with Crippen LogP contribution in [0, 0.1) is 0 Å². The maximum Gasteiger partial charge on any atom is 0.193 e. The molecule has 27 heavy (non-hydrogen) atoms. The molecule has 146 valence electrons. The van der Waals surface area contributed by atoms with Crippen molar-refractivity contribution >= 4 is 19.4 Å². The summed E-state index contributed by atoms with van der Waals surface area (Å²) in [6.45, 7) is 5.33. The van der Waals surface area contributed by atoms with Crippen molar-refractivity contribution in [3.63, 3.8) is 0 Å². The van der Waals surface area contributed by atoms with Crippen LogP contribution >= 0.6 is 8.58 Å². The number of ether oxygens (including phenoxy) is 4. The van der Waals surface area contributed by atoms with Crippen molar-refractivity contribution in [3.05, 3.63) is 42.0 Å². The highest BCUT2D eigenvalue weighted by molar-refractivity contribution is 7.66. The van der Waals surface area contributed by atoms with E-state index in [1.165, 1.54) is 0 Å². The fourth-order valence-electron chi connectivity index (χ4n) is 2.51. The minimum absolute atomic E-state index is 0.0622. The Morgan fingerprint density at radius 2 is 1.52 bits per heavy atom. The lowest BCUT2D eigenvalue weighted by atomic mass is 10.2. The van der Waals surface area contributed by atoms with Gasteiger partial charge < -0.3 is 18.9 Å². The Balaban J connectivity index is 2.31. The largest absolute Gasteiger partial charge is 0.496 e. The molecule has 0 N–H and O–H groups in total. The zero-order chi connectivity index (χ0) is 19.6. The van der Waals surface area contributed by atoms with Gasteiger partial charge in [0.25, 0.3) is 0 Å². The number of rotatable bonds is 11. The van der Waals surface area contributed by atoms with Gasteiger partial charge in [-0.25, -0.2) is 0 Å². The molecule has 0 saturated heterocycles. The lowest BCUT2D eigenvalue weighted by Crippen LogP contribution is -2.10. The van der Waals surface area contributed by atoms with Crippen molar-refractivity contribution in [1.29, 1.82) is 0 Å². The second kappa shape index (κ2) is 10.8. The Morgan fingerprint density at radius 1 is 0.889 bits per heavy atom. The summed E-state index contributed by atoms with van der Waals surface area (Å²) < 4.78 is 22.3. The number of hydrogen-bond donors (Lipinski definition) is 0. The van der Waals surface area contributed by atoms with Crippen molar-refractivity contribution in [3.8, 4) is 23.0 Å². The van der Waals surface area contributed by atoms with Gasteiger partial charge in [0.15, 0.2) is 5.52 Å². The molecule has 2 rings (SSSR count). The quantitative estimate of drug-likeness (QED) is 0.532. The summed E-state index contributed by atoms with van der Waals surface area (Å²) >= 11 is 0. The van der Waals surface area contributed by atoms with Crippen LogP contribution in [-0.4, -0.2) is 33.0 Å². The van der Waals surface area contributed by atoms with Gasteiger partial charge in [-0.2, -0.15) is 0 Å². The second-order valence-electron chi connectivity index (χ2n) is 5.85. The Kier molecular flexibility index (Phi) is 8.41. The van der Waals surface area contributed by atoms with E-state index in [4.69, 9.17) is 18.9 Å². The highest BCUT2D eigenvalue weighted by atomic mass is 31.1. The van der Waals surface area contributed by atoms with Crippen molar-refractivity contribution in [1.82, 2.24) is 0 Å². The standard InChI is InChI=1S/C21H27O5P/c1-5-12-25-15-10-11-19(18(14-15)26-13-6-2)27-21(22)20-16(23-3)8-7-9-17(20)24-4/h7-11,14,27H,5-6,12-13H2,1-4H3. The van der Waals surface area contributed by atoms with E-state index in [0.29, 0.717) is 36.0 Å². The molecule has 2 aromatic carbocycles. The van der Waals surface area contributed by atoms with E-state index >= 15 is 0 Å². The van der Waals surface area contributed by atoms with Gasteiger partial charge in [0, 0.05) is 11.4 Å². The van der Waals surface area contributed by atoms with E-state index in [9.17, 15) is 4.79 Å². The maximum atomic E-state index is 13.0. The van der Waals surface area contributed by atoms with Crippen molar-refractivity contribution < 1.29 is 23.7 Å². The van der Waals surface area contributed by atoms with E-state index in [1.807, 2.05) is 25.1 Å². The minimum atomic E-state index is -0.116. The van der Waals surface area contributed by atoms with Crippen molar-refractivity contribution in [2.24, 2.45) is 0 Å². The van der Waals surface area contributed by atoms with E-state index in [1.54, 1.807) is 32.4 Å². The molecule has 0 aliphatic heterocycles. The molecule has 0 saturated carbocycles. The Morgan fingerprint density at radius 3 is 2.11 bits per heavy atom. The predicted molar refractivity (Wildman–Crippen MR) is 110 cm³/mol. The predicted octanol–water partition coefficient (Wildman–Crippen LogP) is 4.43. The molecular weight excluding hydrogens is 363 g/mol. The lowest BCUT2D eigenvalue weighted by molar-refractivity contribution is 0.108. The summed E-state index contributed by atoms with van der Waals surface area (Å²) in [7, 11) is 2.98. The van der Waals surface area contributed by atoms with E-state index in [-0.39, 0.29) is 14.1 Å².